The Labute approximate surface area is 198 Å². The SMILES string of the molecule is O=C(CCc1ccncc1)N(CC1CCN(C2Cc3ccccc3C2)CC1)CC1CCCO1. The third-order valence-corrected chi connectivity index (χ3v) is 7.85. The molecule has 1 unspecified atom stereocenters. The molecule has 5 rings (SSSR count). The average molecular weight is 448 g/mol. The van der Waals surface area contributed by atoms with Crippen LogP contribution in [0.1, 0.15) is 48.8 Å². The maximum absolute atomic E-state index is 13.2. The largest absolute Gasteiger partial charge is 0.376 e. The number of amides is 1. The van der Waals surface area contributed by atoms with E-state index in [9.17, 15) is 4.79 Å². The molecule has 0 N–H and O–H groups in total. The molecule has 2 aromatic rings. The Bertz CT molecular complexity index is 879. The van der Waals surface area contributed by atoms with E-state index in [1.807, 2.05) is 12.1 Å². The van der Waals surface area contributed by atoms with Crippen molar-refractivity contribution in [3.8, 4) is 0 Å². The Kier molecular flexibility index (Phi) is 7.37. The monoisotopic (exact) mass is 447 g/mol. The summed E-state index contributed by atoms with van der Waals surface area (Å²) in [5.74, 6) is 0.868. The first-order chi connectivity index (χ1) is 16.2. The highest BCUT2D eigenvalue weighted by atomic mass is 16.5. The lowest BCUT2D eigenvalue weighted by Crippen LogP contribution is -2.46. The lowest BCUT2D eigenvalue weighted by molar-refractivity contribution is -0.133. The van der Waals surface area contributed by atoms with Gasteiger partial charge in [0.1, 0.15) is 0 Å². The summed E-state index contributed by atoms with van der Waals surface area (Å²) in [6.07, 6.45) is 12.1. The number of carbonyl (C=O) groups excluding carboxylic acids is 1. The zero-order chi connectivity index (χ0) is 22.5. The fraction of sp³-hybridized carbons (Fsp3) is 0.571. The highest BCUT2D eigenvalue weighted by Gasteiger charge is 2.31. The van der Waals surface area contributed by atoms with Crippen LogP contribution in [0.25, 0.3) is 0 Å². The van der Waals surface area contributed by atoms with Gasteiger partial charge >= 0.3 is 0 Å². The molecule has 1 aromatic heterocycles. The van der Waals surface area contributed by atoms with Crippen molar-refractivity contribution in [1.29, 1.82) is 0 Å². The van der Waals surface area contributed by atoms with Gasteiger partial charge in [0.05, 0.1) is 6.10 Å². The Hall–Kier alpha value is -2.24. The highest BCUT2D eigenvalue weighted by Crippen LogP contribution is 2.29. The molecular weight excluding hydrogens is 410 g/mol. The number of fused-ring (bicyclic) bond motifs is 1. The number of piperidine rings is 1. The first-order valence-corrected chi connectivity index (χ1v) is 12.8. The van der Waals surface area contributed by atoms with Gasteiger partial charge in [-0.2, -0.15) is 0 Å². The van der Waals surface area contributed by atoms with Gasteiger partial charge in [-0.3, -0.25) is 14.7 Å². The lowest BCUT2D eigenvalue weighted by atomic mass is 9.94. The number of rotatable bonds is 8. The Morgan fingerprint density at radius 2 is 1.73 bits per heavy atom. The second kappa shape index (κ2) is 10.8. The van der Waals surface area contributed by atoms with Gasteiger partial charge in [0.15, 0.2) is 0 Å². The number of benzene rings is 1. The second-order valence-corrected chi connectivity index (χ2v) is 10.1. The third kappa shape index (κ3) is 5.82. The van der Waals surface area contributed by atoms with Crippen LogP contribution >= 0.6 is 0 Å². The Balaban J connectivity index is 1.14. The lowest BCUT2D eigenvalue weighted by Gasteiger charge is -2.38. The summed E-state index contributed by atoms with van der Waals surface area (Å²) >= 11 is 0. The van der Waals surface area contributed by atoms with Crippen molar-refractivity contribution in [2.24, 2.45) is 5.92 Å². The minimum atomic E-state index is 0.215. The van der Waals surface area contributed by atoms with Crippen LogP contribution in [0.2, 0.25) is 0 Å². The van der Waals surface area contributed by atoms with Crippen molar-refractivity contribution in [3.63, 3.8) is 0 Å². The van der Waals surface area contributed by atoms with Crippen molar-refractivity contribution in [1.82, 2.24) is 14.8 Å². The topological polar surface area (TPSA) is 45.7 Å². The highest BCUT2D eigenvalue weighted by molar-refractivity contribution is 5.76. The van der Waals surface area contributed by atoms with Crippen LogP contribution in [0, 0.1) is 5.92 Å². The zero-order valence-corrected chi connectivity index (χ0v) is 19.7. The molecule has 1 amide bonds. The number of carbonyl (C=O) groups is 1. The van der Waals surface area contributed by atoms with Crippen molar-refractivity contribution in [2.45, 2.75) is 63.5 Å². The molecule has 0 bridgehead atoms. The molecule has 0 saturated carbocycles. The maximum Gasteiger partial charge on any atom is 0.222 e. The number of ether oxygens (including phenoxy) is 1. The number of likely N-dealkylation sites (tertiary alicyclic amines) is 1. The summed E-state index contributed by atoms with van der Waals surface area (Å²) in [6, 6.07) is 13.6. The molecule has 5 heteroatoms. The van der Waals surface area contributed by atoms with Crippen LogP contribution in [-0.2, 0) is 28.8 Å². The molecule has 1 aromatic carbocycles. The second-order valence-electron chi connectivity index (χ2n) is 10.1. The van der Waals surface area contributed by atoms with Crippen LogP contribution in [-0.4, -0.2) is 65.6 Å². The van der Waals surface area contributed by atoms with Crippen molar-refractivity contribution in [2.75, 3.05) is 32.8 Å². The fourth-order valence-electron chi connectivity index (χ4n) is 5.88. The maximum atomic E-state index is 13.2. The molecule has 0 radical (unpaired) electrons. The summed E-state index contributed by atoms with van der Waals surface area (Å²) in [5, 5.41) is 0. The van der Waals surface area contributed by atoms with E-state index in [2.05, 4.69) is 39.0 Å². The Morgan fingerprint density at radius 1 is 1.00 bits per heavy atom. The molecule has 0 spiro atoms. The number of pyridine rings is 1. The van der Waals surface area contributed by atoms with E-state index in [4.69, 9.17) is 4.74 Å². The first kappa shape index (κ1) is 22.5. The molecule has 3 heterocycles. The van der Waals surface area contributed by atoms with Crippen LogP contribution < -0.4 is 0 Å². The van der Waals surface area contributed by atoms with Gasteiger partial charge in [0.2, 0.25) is 5.91 Å². The number of hydrogen-bond acceptors (Lipinski definition) is 4. The molecule has 1 atom stereocenters. The molecule has 33 heavy (non-hydrogen) atoms. The van der Waals surface area contributed by atoms with Crippen LogP contribution in [0.4, 0.5) is 0 Å². The molecule has 5 nitrogen and oxygen atoms in total. The first-order valence-electron chi connectivity index (χ1n) is 12.8. The number of aryl methyl sites for hydroxylation is 1. The van der Waals surface area contributed by atoms with E-state index < -0.39 is 0 Å². The average Bonchev–Trinajstić information content (AvgIpc) is 3.53. The van der Waals surface area contributed by atoms with E-state index in [0.717, 1.165) is 52.0 Å². The zero-order valence-electron chi connectivity index (χ0n) is 19.7. The molecule has 2 fully saturated rings. The molecule has 2 saturated heterocycles. The van der Waals surface area contributed by atoms with Crippen LogP contribution in [0.5, 0.6) is 0 Å². The van der Waals surface area contributed by atoms with E-state index in [-0.39, 0.29) is 12.0 Å². The van der Waals surface area contributed by atoms with Crippen molar-refractivity contribution in [3.05, 3.63) is 65.5 Å². The van der Waals surface area contributed by atoms with Gasteiger partial charge in [-0.05, 0) is 92.8 Å². The molecular formula is C28H37N3O2. The minimum absolute atomic E-state index is 0.215. The Morgan fingerprint density at radius 3 is 2.39 bits per heavy atom. The summed E-state index contributed by atoms with van der Waals surface area (Å²) in [6.45, 7) is 4.79. The number of aromatic nitrogens is 1. The molecule has 1 aliphatic carbocycles. The smallest absolute Gasteiger partial charge is 0.222 e. The third-order valence-electron chi connectivity index (χ3n) is 7.85. The fourth-order valence-corrected chi connectivity index (χ4v) is 5.88. The number of hydrogen-bond donors (Lipinski definition) is 0. The summed E-state index contributed by atoms with van der Waals surface area (Å²) < 4.78 is 5.89. The van der Waals surface area contributed by atoms with E-state index >= 15 is 0 Å². The predicted molar refractivity (Wildman–Crippen MR) is 130 cm³/mol. The predicted octanol–water partition coefficient (Wildman–Crippen LogP) is 3.90. The standard InChI is InChI=1S/C28H37N3O2/c32-28(8-7-22-9-13-29-14-10-22)31(21-27-6-3-17-33-27)20-23-11-15-30(16-12-23)26-18-24-4-1-2-5-25(24)19-26/h1-2,4-5,9-10,13-14,23,26-27H,3,6-8,11-12,15-21H2. The van der Waals surface area contributed by atoms with Gasteiger partial charge in [0.25, 0.3) is 0 Å². The van der Waals surface area contributed by atoms with Gasteiger partial charge in [-0.25, -0.2) is 0 Å². The van der Waals surface area contributed by atoms with Crippen molar-refractivity contribution < 1.29 is 9.53 Å². The number of nitrogens with zero attached hydrogens (tertiary/aromatic N) is 3. The van der Waals surface area contributed by atoms with Crippen LogP contribution in [0.3, 0.4) is 0 Å². The van der Waals surface area contributed by atoms with Crippen LogP contribution in [0.15, 0.2) is 48.8 Å². The summed E-state index contributed by atoms with van der Waals surface area (Å²) in [5.41, 5.74) is 4.25. The summed E-state index contributed by atoms with van der Waals surface area (Å²) in [7, 11) is 0. The van der Waals surface area contributed by atoms with Crippen molar-refractivity contribution >= 4 is 5.91 Å². The normalized spacial score (nSPS) is 21.9. The van der Waals surface area contributed by atoms with E-state index in [0.29, 0.717) is 18.4 Å². The minimum Gasteiger partial charge on any atom is -0.376 e. The van der Waals surface area contributed by atoms with Gasteiger partial charge in [0, 0.05) is 44.6 Å². The van der Waals surface area contributed by atoms with Gasteiger partial charge < -0.3 is 9.64 Å². The van der Waals surface area contributed by atoms with E-state index in [1.165, 1.54) is 42.4 Å². The molecule has 2 aliphatic heterocycles. The van der Waals surface area contributed by atoms with E-state index in [1.54, 1.807) is 12.4 Å². The molecule has 3 aliphatic rings. The summed E-state index contributed by atoms with van der Waals surface area (Å²) in [4.78, 5) is 22.1. The van der Waals surface area contributed by atoms with Gasteiger partial charge in [-0.1, -0.05) is 24.3 Å². The molecule has 176 valence electrons. The quantitative estimate of drug-likeness (QED) is 0.616. The van der Waals surface area contributed by atoms with Gasteiger partial charge in [-0.15, -0.1) is 0 Å².